The molecular formula is C11H16BrN3O. The topological polar surface area (TPSA) is 67.2 Å². The number of nitrogens with one attached hydrogen (secondary N) is 2. The minimum absolute atomic E-state index is 0.289. The molecule has 0 spiro atoms. The predicted octanol–water partition coefficient (Wildman–Crippen LogP) is 2.18. The number of amides is 1. The first-order valence-corrected chi connectivity index (χ1v) is 5.94. The lowest BCUT2D eigenvalue weighted by atomic mass is 10.1. The van der Waals surface area contributed by atoms with Crippen LogP contribution in [0, 0.1) is 6.92 Å². The highest BCUT2D eigenvalue weighted by Crippen LogP contribution is 2.28. The quantitative estimate of drug-likeness (QED) is 0.451. The van der Waals surface area contributed by atoms with Gasteiger partial charge in [0.1, 0.15) is 0 Å². The maximum Gasteiger partial charge on any atom is 0.267 e. The number of rotatable bonds is 4. The Labute approximate surface area is 104 Å². The first-order chi connectivity index (χ1) is 7.60. The van der Waals surface area contributed by atoms with Gasteiger partial charge >= 0.3 is 0 Å². The van der Waals surface area contributed by atoms with Crippen molar-refractivity contribution < 1.29 is 4.79 Å². The van der Waals surface area contributed by atoms with Crippen LogP contribution >= 0.6 is 15.9 Å². The van der Waals surface area contributed by atoms with E-state index in [1.165, 1.54) is 0 Å². The lowest BCUT2D eigenvalue weighted by molar-refractivity contribution is 0.0954. The maximum absolute atomic E-state index is 11.6. The van der Waals surface area contributed by atoms with Gasteiger partial charge in [0.05, 0.1) is 11.3 Å². The number of hydrogen-bond acceptors (Lipinski definition) is 3. The van der Waals surface area contributed by atoms with Gasteiger partial charge in [-0.15, -0.1) is 0 Å². The lowest BCUT2D eigenvalue weighted by Gasteiger charge is -2.13. The van der Waals surface area contributed by atoms with Crippen molar-refractivity contribution in [3.05, 3.63) is 27.7 Å². The standard InChI is InChI=1S/C11H16BrN3O/c1-3-4-14-10-8(11(16)15-13)5-7(2)6-9(10)12/h5-6,14H,3-4,13H2,1-2H3,(H,15,16). The Balaban J connectivity index is 3.15. The van der Waals surface area contributed by atoms with Gasteiger partial charge in [-0.25, -0.2) is 5.84 Å². The predicted molar refractivity (Wildman–Crippen MR) is 69.3 cm³/mol. The van der Waals surface area contributed by atoms with Crippen molar-refractivity contribution in [1.29, 1.82) is 0 Å². The summed E-state index contributed by atoms with van der Waals surface area (Å²) in [5, 5.41) is 3.21. The Morgan fingerprint density at radius 2 is 2.19 bits per heavy atom. The summed E-state index contributed by atoms with van der Waals surface area (Å²) < 4.78 is 0.875. The summed E-state index contributed by atoms with van der Waals surface area (Å²) in [7, 11) is 0. The van der Waals surface area contributed by atoms with Crippen LogP contribution in [0.2, 0.25) is 0 Å². The average molecular weight is 286 g/mol. The molecule has 16 heavy (non-hydrogen) atoms. The molecule has 1 aromatic rings. The Morgan fingerprint density at radius 1 is 1.50 bits per heavy atom. The average Bonchev–Trinajstić information content (AvgIpc) is 2.26. The third-order valence-electron chi connectivity index (χ3n) is 2.16. The molecule has 4 nitrogen and oxygen atoms in total. The maximum atomic E-state index is 11.6. The van der Waals surface area contributed by atoms with Crippen molar-refractivity contribution in [2.24, 2.45) is 5.84 Å². The molecule has 0 fully saturated rings. The molecule has 5 heteroatoms. The van der Waals surface area contributed by atoms with E-state index in [-0.39, 0.29) is 5.91 Å². The molecule has 0 aliphatic carbocycles. The highest BCUT2D eigenvalue weighted by molar-refractivity contribution is 9.10. The van der Waals surface area contributed by atoms with Gasteiger partial charge in [0.2, 0.25) is 0 Å². The normalized spacial score (nSPS) is 10.0. The van der Waals surface area contributed by atoms with E-state index < -0.39 is 0 Å². The molecule has 88 valence electrons. The number of halogens is 1. The molecule has 1 amide bonds. The van der Waals surface area contributed by atoms with E-state index >= 15 is 0 Å². The van der Waals surface area contributed by atoms with Crippen LogP contribution in [0.3, 0.4) is 0 Å². The Hall–Kier alpha value is -1.07. The van der Waals surface area contributed by atoms with Gasteiger partial charge in [0.15, 0.2) is 0 Å². The van der Waals surface area contributed by atoms with E-state index in [0.29, 0.717) is 5.56 Å². The number of nitrogen functional groups attached to an aromatic ring is 1. The molecule has 0 saturated heterocycles. The molecule has 0 unspecified atom stereocenters. The van der Waals surface area contributed by atoms with E-state index in [0.717, 1.165) is 28.7 Å². The smallest absolute Gasteiger partial charge is 0.267 e. The van der Waals surface area contributed by atoms with Crippen molar-refractivity contribution in [1.82, 2.24) is 5.43 Å². The fraction of sp³-hybridized carbons (Fsp3) is 0.364. The van der Waals surface area contributed by atoms with Crippen LogP contribution in [-0.4, -0.2) is 12.5 Å². The zero-order chi connectivity index (χ0) is 12.1. The molecule has 0 aromatic heterocycles. The zero-order valence-corrected chi connectivity index (χ0v) is 11.0. The van der Waals surface area contributed by atoms with Crippen molar-refractivity contribution in [3.63, 3.8) is 0 Å². The summed E-state index contributed by atoms with van der Waals surface area (Å²) in [4.78, 5) is 11.6. The largest absolute Gasteiger partial charge is 0.383 e. The molecule has 1 aromatic carbocycles. The molecule has 0 bridgehead atoms. The number of benzene rings is 1. The van der Waals surface area contributed by atoms with Gasteiger partial charge in [-0.2, -0.15) is 0 Å². The molecule has 0 aliphatic heterocycles. The molecule has 0 heterocycles. The van der Waals surface area contributed by atoms with Crippen LogP contribution in [0.15, 0.2) is 16.6 Å². The summed E-state index contributed by atoms with van der Waals surface area (Å²) in [6.07, 6.45) is 0.990. The van der Waals surface area contributed by atoms with Crippen molar-refractivity contribution >= 4 is 27.5 Å². The first-order valence-electron chi connectivity index (χ1n) is 5.15. The molecule has 1 rings (SSSR count). The van der Waals surface area contributed by atoms with Gasteiger partial charge in [-0.05, 0) is 47.0 Å². The van der Waals surface area contributed by atoms with E-state index in [9.17, 15) is 4.79 Å². The van der Waals surface area contributed by atoms with Crippen LogP contribution in [0.1, 0.15) is 29.3 Å². The highest BCUT2D eigenvalue weighted by atomic mass is 79.9. The van der Waals surface area contributed by atoms with Crippen molar-refractivity contribution in [2.45, 2.75) is 20.3 Å². The van der Waals surface area contributed by atoms with Gasteiger partial charge in [-0.3, -0.25) is 10.2 Å². The van der Waals surface area contributed by atoms with E-state index in [2.05, 4.69) is 33.6 Å². The minimum atomic E-state index is -0.289. The summed E-state index contributed by atoms with van der Waals surface area (Å²) in [5.74, 6) is 4.87. The second-order valence-corrected chi connectivity index (χ2v) is 4.42. The Bertz CT molecular complexity index is 393. The number of nitrogens with two attached hydrogens (primary N) is 1. The number of carbonyl (C=O) groups is 1. The SMILES string of the molecule is CCCNc1c(Br)cc(C)cc1C(=O)NN. The van der Waals surface area contributed by atoms with E-state index in [1.807, 2.05) is 19.1 Å². The van der Waals surface area contributed by atoms with E-state index in [1.54, 1.807) is 0 Å². The van der Waals surface area contributed by atoms with Gasteiger partial charge < -0.3 is 5.32 Å². The highest BCUT2D eigenvalue weighted by Gasteiger charge is 2.13. The van der Waals surface area contributed by atoms with Crippen LogP contribution in [0.25, 0.3) is 0 Å². The lowest BCUT2D eigenvalue weighted by Crippen LogP contribution is -2.30. The Kier molecular flexibility index (Phi) is 4.76. The third kappa shape index (κ3) is 2.96. The fourth-order valence-corrected chi connectivity index (χ4v) is 2.14. The van der Waals surface area contributed by atoms with Gasteiger partial charge in [0, 0.05) is 11.0 Å². The molecule has 0 radical (unpaired) electrons. The second-order valence-electron chi connectivity index (χ2n) is 3.57. The van der Waals surface area contributed by atoms with Gasteiger partial charge in [-0.1, -0.05) is 6.92 Å². The molecular weight excluding hydrogens is 270 g/mol. The number of aryl methyl sites for hydroxylation is 1. The minimum Gasteiger partial charge on any atom is -0.383 e. The molecule has 0 saturated carbocycles. The first kappa shape index (κ1) is 13.0. The van der Waals surface area contributed by atoms with Crippen molar-refractivity contribution in [2.75, 3.05) is 11.9 Å². The van der Waals surface area contributed by atoms with E-state index in [4.69, 9.17) is 5.84 Å². The summed E-state index contributed by atoms with van der Waals surface area (Å²) in [6.45, 7) is 4.81. The summed E-state index contributed by atoms with van der Waals surface area (Å²) in [5.41, 5.74) is 4.51. The van der Waals surface area contributed by atoms with Crippen LogP contribution < -0.4 is 16.6 Å². The molecule has 0 aliphatic rings. The van der Waals surface area contributed by atoms with Crippen LogP contribution in [0.4, 0.5) is 5.69 Å². The molecule has 4 N–H and O–H groups in total. The zero-order valence-electron chi connectivity index (χ0n) is 9.43. The number of hydrogen-bond donors (Lipinski definition) is 3. The van der Waals surface area contributed by atoms with Gasteiger partial charge in [0.25, 0.3) is 5.91 Å². The monoisotopic (exact) mass is 285 g/mol. The number of anilines is 1. The number of carbonyl (C=O) groups excluding carboxylic acids is 1. The third-order valence-corrected chi connectivity index (χ3v) is 2.79. The van der Waals surface area contributed by atoms with Crippen LogP contribution in [0.5, 0.6) is 0 Å². The summed E-state index contributed by atoms with van der Waals surface area (Å²) >= 11 is 3.44. The number of hydrazine groups is 1. The summed E-state index contributed by atoms with van der Waals surface area (Å²) in [6, 6.07) is 3.77. The van der Waals surface area contributed by atoms with Crippen LogP contribution in [-0.2, 0) is 0 Å². The van der Waals surface area contributed by atoms with Crippen molar-refractivity contribution in [3.8, 4) is 0 Å². The Morgan fingerprint density at radius 3 is 2.75 bits per heavy atom. The second kappa shape index (κ2) is 5.86. The molecule has 0 atom stereocenters. The fourth-order valence-electron chi connectivity index (χ4n) is 1.43.